The van der Waals surface area contributed by atoms with E-state index >= 15 is 0 Å². The first-order chi connectivity index (χ1) is 9.86. The zero-order chi connectivity index (χ0) is 14.5. The zero-order valence-electron chi connectivity index (χ0n) is 12.8. The van der Waals surface area contributed by atoms with Gasteiger partial charge in [-0.15, -0.1) is 6.42 Å². The summed E-state index contributed by atoms with van der Waals surface area (Å²) in [6.07, 6.45) is 17.3. The molecule has 0 N–H and O–H groups in total. The van der Waals surface area contributed by atoms with Gasteiger partial charge in [0.1, 0.15) is 0 Å². The summed E-state index contributed by atoms with van der Waals surface area (Å²) in [4.78, 5) is 0. The third kappa shape index (κ3) is 7.70. The highest BCUT2D eigenvalue weighted by molar-refractivity contribution is 5.40. The molecule has 0 bridgehead atoms. The SMILES string of the molecule is C#CC#Cc1ccc(CCCCCCCCCC)cc1. The van der Waals surface area contributed by atoms with E-state index in [9.17, 15) is 0 Å². The predicted molar refractivity (Wildman–Crippen MR) is 88.5 cm³/mol. The van der Waals surface area contributed by atoms with E-state index in [1.165, 1.54) is 63.4 Å². The molecule has 0 atom stereocenters. The maximum atomic E-state index is 5.12. The Labute approximate surface area is 125 Å². The molecule has 1 aromatic rings. The summed E-state index contributed by atoms with van der Waals surface area (Å²) in [5.41, 5.74) is 2.41. The molecule has 106 valence electrons. The molecule has 0 aromatic heterocycles. The highest BCUT2D eigenvalue weighted by Crippen LogP contribution is 2.12. The molecule has 0 radical (unpaired) electrons. The normalized spacial score (nSPS) is 9.60. The Morgan fingerprint density at radius 1 is 0.850 bits per heavy atom. The molecular formula is C20H26. The number of hydrogen-bond donors (Lipinski definition) is 0. The van der Waals surface area contributed by atoms with Crippen LogP contribution in [0.25, 0.3) is 0 Å². The number of hydrogen-bond acceptors (Lipinski definition) is 0. The van der Waals surface area contributed by atoms with Crippen molar-refractivity contribution in [3.05, 3.63) is 35.4 Å². The van der Waals surface area contributed by atoms with Crippen LogP contribution in [0, 0.1) is 24.2 Å². The van der Waals surface area contributed by atoms with Crippen LogP contribution in [0.1, 0.15) is 69.4 Å². The number of rotatable bonds is 9. The Balaban J connectivity index is 2.12. The molecular weight excluding hydrogens is 240 g/mol. The fourth-order valence-electron chi connectivity index (χ4n) is 2.33. The van der Waals surface area contributed by atoms with Crippen LogP contribution in [-0.2, 0) is 6.42 Å². The van der Waals surface area contributed by atoms with Crippen LogP contribution in [0.3, 0.4) is 0 Å². The molecule has 1 rings (SSSR count). The monoisotopic (exact) mass is 266 g/mol. The summed E-state index contributed by atoms with van der Waals surface area (Å²) < 4.78 is 0. The summed E-state index contributed by atoms with van der Waals surface area (Å²) in [5, 5.41) is 0. The fourth-order valence-corrected chi connectivity index (χ4v) is 2.33. The molecule has 0 aliphatic rings. The van der Waals surface area contributed by atoms with Crippen molar-refractivity contribution in [3.8, 4) is 24.2 Å². The summed E-state index contributed by atoms with van der Waals surface area (Å²) in [5.74, 6) is 7.91. The summed E-state index contributed by atoms with van der Waals surface area (Å²) in [6, 6.07) is 8.46. The second-order valence-electron chi connectivity index (χ2n) is 5.32. The maximum absolute atomic E-state index is 5.12. The highest BCUT2D eigenvalue weighted by Gasteiger charge is 1.95. The third-order valence-electron chi connectivity index (χ3n) is 3.55. The highest BCUT2D eigenvalue weighted by atomic mass is 14.0. The summed E-state index contributed by atoms with van der Waals surface area (Å²) in [7, 11) is 0. The van der Waals surface area contributed by atoms with E-state index in [2.05, 4.69) is 49.0 Å². The number of aryl methyl sites for hydroxylation is 1. The predicted octanol–water partition coefficient (Wildman–Crippen LogP) is 5.35. The van der Waals surface area contributed by atoms with Gasteiger partial charge in [0.05, 0.1) is 0 Å². The van der Waals surface area contributed by atoms with E-state index in [0.29, 0.717) is 0 Å². The van der Waals surface area contributed by atoms with Gasteiger partial charge in [-0.3, -0.25) is 0 Å². The molecule has 0 fully saturated rings. The largest absolute Gasteiger partial charge is 0.106 e. The Morgan fingerprint density at radius 2 is 1.45 bits per heavy atom. The number of terminal acetylenes is 1. The van der Waals surface area contributed by atoms with Gasteiger partial charge >= 0.3 is 0 Å². The van der Waals surface area contributed by atoms with Crippen molar-refractivity contribution in [3.63, 3.8) is 0 Å². The van der Waals surface area contributed by atoms with Crippen LogP contribution in [0.2, 0.25) is 0 Å². The lowest BCUT2D eigenvalue weighted by Gasteiger charge is -2.03. The molecule has 0 heteroatoms. The lowest BCUT2D eigenvalue weighted by Crippen LogP contribution is -1.87. The van der Waals surface area contributed by atoms with E-state index in [1.807, 2.05) is 0 Å². The average molecular weight is 266 g/mol. The third-order valence-corrected chi connectivity index (χ3v) is 3.55. The number of benzene rings is 1. The smallest absolute Gasteiger partial charge is 0.0255 e. The molecule has 0 unspecified atom stereocenters. The van der Waals surface area contributed by atoms with Gasteiger partial charge < -0.3 is 0 Å². The van der Waals surface area contributed by atoms with Crippen molar-refractivity contribution in [2.24, 2.45) is 0 Å². The van der Waals surface area contributed by atoms with E-state index < -0.39 is 0 Å². The minimum Gasteiger partial charge on any atom is -0.106 e. The molecule has 0 saturated heterocycles. The lowest BCUT2D eigenvalue weighted by atomic mass is 10.0. The summed E-state index contributed by atoms with van der Waals surface area (Å²) >= 11 is 0. The first-order valence-electron chi connectivity index (χ1n) is 7.92. The van der Waals surface area contributed by atoms with E-state index in [1.54, 1.807) is 0 Å². The molecule has 0 saturated carbocycles. The van der Waals surface area contributed by atoms with Crippen molar-refractivity contribution in [2.45, 2.75) is 64.7 Å². The average Bonchev–Trinajstić information content (AvgIpc) is 2.49. The van der Waals surface area contributed by atoms with Crippen molar-refractivity contribution >= 4 is 0 Å². The Hall–Kier alpha value is -1.66. The second-order valence-corrected chi connectivity index (χ2v) is 5.32. The van der Waals surface area contributed by atoms with Gasteiger partial charge in [-0.1, -0.05) is 69.9 Å². The van der Waals surface area contributed by atoms with Crippen molar-refractivity contribution in [1.82, 2.24) is 0 Å². The first kappa shape index (κ1) is 16.4. The van der Waals surface area contributed by atoms with Crippen LogP contribution >= 0.6 is 0 Å². The Morgan fingerprint density at radius 3 is 2.05 bits per heavy atom. The van der Waals surface area contributed by atoms with Gasteiger partial charge in [0.25, 0.3) is 0 Å². The van der Waals surface area contributed by atoms with Gasteiger partial charge in [0.15, 0.2) is 0 Å². The summed E-state index contributed by atoms with van der Waals surface area (Å²) in [6.45, 7) is 2.27. The molecule has 1 aromatic carbocycles. The van der Waals surface area contributed by atoms with Crippen LogP contribution in [0.15, 0.2) is 24.3 Å². The molecule has 20 heavy (non-hydrogen) atoms. The Kier molecular flexibility index (Phi) is 9.17. The molecule has 0 amide bonds. The van der Waals surface area contributed by atoms with Gasteiger partial charge in [0.2, 0.25) is 0 Å². The fraction of sp³-hybridized carbons (Fsp3) is 0.500. The van der Waals surface area contributed by atoms with Crippen LogP contribution in [-0.4, -0.2) is 0 Å². The standard InChI is InChI=1S/C20H26/c1-3-5-7-8-9-10-11-12-14-20-17-15-19(16-18-20)13-6-4-2/h2,15-18H,3,5,7-12,14H2,1H3. The number of unbranched alkanes of at least 4 members (excludes halogenated alkanes) is 7. The van der Waals surface area contributed by atoms with Crippen molar-refractivity contribution in [1.29, 1.82) is 0 Å². The van der Waals surface area contributed by atoms with Gasteiger partial charge in [-0.25, -0.2) is 0 Å². The van der Waals surface area contributed by atoms with E-state index in [4.69, 9.17) is 6.42 Å². The molecule has 0 heterocycles. The zero-order valence-corrected chi connectivity index (χ0v) is 12.8. The minimum atomic E-state index is 1.00. The molecule has 0 aliphatic heterocycles. The van der Waals surface area contributed by atoms with E-state index in [-0.39, 0.29) is 0 Å². The van der Waals surface area contributed by atoms with Crippen molar-refractivity contribution < 1.29 is 0 Å². The van der Waals surface area contributed by atoms with Gasteiger partial charge in [-0.05, 0) is 42.4 Å². The second kappa shape index (κ2) is 11.2. The maximum Gasteiger partial charge on any atom is 0.0255 e. The Bertz CT molecular complexity index is 448. The molecule has 0 spiro atoms. The van der Waals surface area contributed by atoms with Crippen LogP contribution in [0.5, 0.6) is 0 Å². The van der Waals surface area contributed by atoms with Gasteiger partial charge in [0, 0.05) is 5.56 Å². The lowest BCUT2D eigenvalue weighted by molar-refractivity contribution is 0.575. The van der Waals surface area contributed by atoms with Crippen molar-refractivity contribution in [2.75, 3.05) is 0 Å². The van der Waals surface area contributed by atoms with E-state index in [0.717, 1.165) is 5.56 Å². The topological polar surface area (TPSA) is 0 Å². The van der Waals surface area contributed by atoms with Crippen LogP contribution < -0.4 is 0 Å². The minimum absolute atomic E-state index is 1.00. The van der Waals surface area contributed by atoms with Gasteiger partial charge in [-0.2, -0.15) is 0 Å². The molecule has 0 nitrogen and oxygen atoms in total. The van der Waals surface area contributed by atoms with Crippen LogP contribution in [0.4, 0.5) is 0 Å². The molecule has 0 aliphatic carbocycles. The first-order valence-corrected chi connectivity index (χ1v) is 7.92. The quantitative estimate of drug-likeness (QED) is 0.417.